The molecule has 0 aliphatic rings. The Bertz CT molecular complexity index is 1270. The highest BCUT2D eigenvalue weighted by Gasteiger charge is 2.17. The van der Waals surface area contributed by atoms with Crippen molar-refractivity contribution in [2.45, 2.75) is 45.7 Å². The summed E-state index contributed by atoms with van der Waals surface area (Å²) in [6.45, 7) is 2.73. The number of aromatic amines is 1. The van der Waals surface area contributed by atoms with Gasteiger partial charge in [-0.2, -0.15) is 9.97 Å². The van der Waals surface area contributed by atoms with Crippen LogP contribution < -0.4 is 11.2 Å². The van der Waals surface area contributed by atoms with Crippen LogP contribution in [0.3, 0.4) is 0 Å². The van der Waals surface area contributed by atoms with E-state index in [1.807, 2.05) is 37.3 Å². The van der Waals surface area contributed by atoms with Crippen molar-refractivity contribution in [1.29, 1.82) is 0 Å². The van der Waals surface area contributed by atoms with E-state index in [1.54, 1.807) is 0 Å². The number of hydrogen-bond acceptors (Lipinski definition) is 6. The van der Waals surface area contributed by atoms with Gasteiger partial charge in [0.05, 0.1) is 0 Å². The minimum Gasteiger partial charge on any atom is -0.334 e. The summed E-state index contributed by atoms with van der Waals surface area (Å²) >= 11 is 5.95. The summed E-state index contributed by atoms with van der Waals surface area (Å²) in [5.74, 6) is 0.970. The van der Waals surface area contributed by atoms with E-state index >= 15 is 0 Å². The first-order valence-electron chi connectivity index (χ1n) is 9.85. The van der Waals surface area contributed by atoms with Gasteiger partial charge in [-0.05, 0) is 36.6 Å². The minimum absolute atomic E-state index is 0.0877. The molecule has 3 heterocycles. The van der Waals surface area contributed by atoms with Gasteiger partial charge in [0.2, 0.25) is 5.28 Å². The van der Waals surface area contributed by atoms with Crippen molar-refractivity contribution in [3.63, 3.8) is 0 Å². The molecule has 156 valence electrons. The molecule has 0 amide bonds. The number of imidazole rings is 1. The number of fused-ring (bicyclic) bond motifs is 1. The highest BCUT2D eigenvalue weighted by molar-refractivity contribution is 6.28. The third-order valence-corrected chi connectivity index (χ3v) is 5.02. The number of aromatic nitrogens is 6. The average molecular weight is 429 g/mol. The van der Waals surface area contributed by atoms with Crippen LogP contribution in [0.25, 0.3) is 22.6 Å². The molecule has 0 aliphatic carbocycles. The van der Waals surface area contributed by atoms with Crippen LogP contribution >= 0.6 is 11.6 Å². The van der Waals surface area contributed by atoms with Gasteiger partial charge in [0, 0.05) is 25.1 Å². The van der Waals surface area contributed by atoms with Crippen molar-refractivity contribution in [3.8, 4) is 11.5 Å². The molecule has 3 aromatic heterocycles. The van der Waals surface area contributed by atoms with Gasteiger partial charge in [-0.3, -0.25) is 13.9 Å². The molecule has 4 rings (SSSR count). The fraction of sp³-hybridized carbons (Fsp3) is 0.350. The second-order valence-corrected chi connectivity index (χ2v) is 7.31. The number of benzene rings is 1. The van der Waals surface area contributed by atoms with Gasteiger partial charge >= 0.3 is 5.69 Å². The Labute approximate surface area is 176 Å². The molecule has 30 heavy (non-hydrogen) atoms. The number of unbranched alkanes of at least 4 members (excludes halogenated alkanes) is 1. The van der Waals surface area contributed by atoms with E-state index < -0.39 is 5.56 Å². The van der Waals surface area contributed by atoms with Crippen LogP contribution in [-0.4, -0.2) is 29.2 Å². The van der Waals surface area contributed by atoms with Gasteiger partial charge in [-0.1, -0.05) is 36.7 Å². The predicted octanol–water partition coefficient (Wildman–Crippen LogP) is 3.02. The Hall–Kier alpha value is -3.20. The van der Waals surface area contributed by atoms with Crippen molar-refractivity contribution < 1.29 is 4.52 Å². The molecule has 1 N–H and O–H groups in total. The predicted molar refractivity (Wildman–Crippen MR) is 113 cm³/mol. The number of rotatable bonds is 8. The number of nitrogens with zero attached hydrogens (tertiary/aromatic N) is 5. The molecule has 4 aromatic rings. The summed E-state index contributed by atoms with van der Waals surface area (Å²) in [5.41, 5.74) is 0.558. The van der Waals surface area contributed by atoms with E-state index in [0.29, 0.717) is 36.7 Å². The first-order valence-corrected chi connectivity index (χ1v) is 10.2. The lowest BCUT2D eigenvalue weighted by Crippen LogP contribution is -2.40. The third-order valence-electron chi connectivity index (χ3n) is 4.84. The topological polar surface area (TPSA) is 112 Å². The lowest BCUT2D eigenvalue weighted by Gasteiger charge is -2.10. The molecule has 9 nitrogen and oxygen atoms in total. The van der Waals surface area contributed by atoms with Crippen LogP contribution in [-0.2, 0) is 19.5 Å². The second-order valence-electron chi connectivity index (χ2n) is 6.96. The van der Waals surface area contributed by atoms with Crippen LogP contribution in [0.2, 0.25) is 5.28 Å². The Kier molecular flexibility index (Phi) is 5.80. The zero-order chi connectivity index (χ0) is 21.1. The molecule has 1 aromatic carbocycles. The summed E-state index contributed by atoms with van der Waals surface area (Å²) in [7, 11) is 0. The van der Waals surface area contributed by atoms with E-state index in [2.05, 4.69) is 20.1 Å². The molecular weight excluding hydrogens is 408 g/mol. The lowest BCUT2D eigenvalue weighted by molar-refractivity contribution is 0.420. The van der Waals surface area contributed by atoms with Crippen LogP contribution in [0.1, 0.15) is 32.0 Å². The van der Waals surface area contributed by atoms with Crippen LogP contribution in [0, 0.1) is 0 Å². The van der Waals surface area contributed by atoms with E-state index in [9.17, 15) is 9.59 Å². The van der Waals surface area contributed by atoms with E-state index in [1.165, 1.54) is 9.13 Å². The zero-order valence-electron chi connectivity index (χ0n) is 16.5. The molecule has 0 saturated carbocycles. The summed E-state index contributed by atoms with van der Waals surface area (Å²) in [4.78, 5) is 37.0. The van der Waals surface area contributed by atoms with Crippen LogP contribution in [0.4, 0.5) is 0 Å². The molecule has 0 bridgehead atoms. The Morgan fingerprint density at radius 1 is 1.07 bits per heavy atom. The molecule has 0 fully saturated rings. The Morgan fingerprint density at radius 3 is 2.60 bits per heavy atom. The fourth-order valence-electron chi connectivity index (χ4n) is 3.30. The Morgan fingerprint density at radius 2 is 1.83 bits per heavy atom. The number of hydrogen-bond donors (Lipinski definition) is 1. The van der Waals surface area contributed by atoms with Crippen molar-refractivity contribution >= 4 is 22.8 Å². The maximum atomic E-state index is 12.9. The van der Waals surface area contributed by atoms with Crippen molar-refractivity contribution in [2.75, 3.05) is 0 Å². The highest BCUT2D eigenvalue weighted by atomic mass is 35.5. The summed E-state index contributed by atoms with van der Waals surface area (Å²) < 4.78 is 8.02. The molecule has 0 aliphatic heterocycles. The molecule has 0 atom stereocenters. The molecule has 10 heteroatoms. The van der Waals surface area contributed by atoms with Crippen molar-refractivity contribution in [3.05, 3.63) is 62.3 Å². The maximum absolute atomic E-state index is 12.9. The summed E-state index contributed by atoms with van der Waals surface area (Å²) in [5, 5.41) is 4.08. The van der Waals surface area contributed by atoms with Gasteiger partial charge in [0.15, 0.2) is 17.0 Å². The smallest absolute Gasteiger partial charge is 0.332 e. The van der Waals surface area contributed by atoms with E-state index in [-0.39, 0.29) is 23.0 Å². The lowest BCUT2D eigenvalue weighted by atomic mass is 10.2. The van der Waals surface area contributed by atoms with E-state index in [4.69, 9.17) is 16.1 Å². The minimum atomic E-state index is -0.430. The molecule has 0 radical (unpaired) electrons. The number of halogens is 1. The monoisotopic (exact) mass is 428 g/mol. The van der Waals surface area contributed by atoms with Crippen LogP contribution in [0.15, 0.2) is 44.4 Å². The van der Waals surface area contributed by atoms with Crippen LogP contribution in [0.5, 0.6) is 0 Å². The molecule has 0 saturated heterocycles. The average Bonchev–Trinajstić information content (AvgIpc) is 3.38. The third kappa shape index (κ3) is 3.93. The normalized spacial score (nSPS) is 11.4. The van der Waals surface area contributed by atoms with E-state index in [0.717, 1.165) is 18.4 Å². The summed E-state index contributed by atoms with van der Waals surface area (Å²) in [6.07, 6.45) is 2.68. The maximum Gasteiger partial charge on any atom is 0.332 e. The fourth-order valence-corrected chi connectivity index (χ4v) is 3.48. The molecule has 0 spiro atoms. The van der Waals surface area contributed by atoms with Crippen molar-refractivity contribution in [1.82, 2.24) is 29.2 Å². The summed E-state index contributed by atoms with van der Waals surface area (Å²) in [6, 6.07) is 9.48. The highest BCUT2D eigenvalue weighted by Crippen LogP contribution is 2.16. The van der Waals surface area contributed by atoms with Crippen molar-refractivity contribution in [2.24, 2.45) is 0 Å². The second kappa shape index (κ2) is 8.66. The SMILES string of the molecule is CCCCn1c(=O)n(CCCc2noc(-c3ccccc3)n2)c(=O)c2[nH]c(Cl)nc21. The van der Waals surface area contributed by atoms with Gasteiger partial charge in [-0.25, -0.2) is 4.79 Å². The number of aryl methyl sites for hydroxylation is 2. The first kappa shape index (κ1) is 20.1. The molecule has 0 unspecified atom stereocenters. The van der Waals surface area contributed by atoms with Gasteiger partial charge < -0.3 is 9.51 Å². The Balaban J connectivity index is 1.55. The number of nitrogens with one attached hydrogen (secondary N) is 1. The first-order chi connectivity index (χ1) is 14.6. The van der Waals surface area contributed by atoms with Gasteiger partial charge in [0.25, 0.3) is 11.4 Å². The largest absolute Gasteiger partial charge is 0.334 e. The van der Waals surface area contributed by atoms with Gasteiger partial charge in [0.1, 0.15) is 0 Å². The zero-order valence-corrected chi connectivity index (χ0v) is 17.2. The van der Waals surface area contributed by atoms with Gasteiger partial charge in [-0.15, -0.1) is 0 Å². The quantitative estimate of drug-likeness (QED) is 0.432. The molecular formula is C20H21ClN6O3. The number of H-pyrrole nitrogens is 1. The standard InChI is InChI=1S/C20H21ClN6O3/c1-2-3-11-26-16-15(23-19(21)24-16)18(28)27(20(26)29)12-7-10-14-22-17(30-25-14)13-8-5-4-6-9-13/h4-6,8-9H,2-3,7,10-12H2,1H3,(H,23,24).